The zero-order valence-corrected chi connectivity index (χ0v) is 9.23. The van der Waals surface area contributed by atoms with Crippen LogP contribution in [-0.4, -0.2) is 29.5 Å². The molecule has 1 aromatic carbocycles. The van der Waals surface area contributed by atoms with E-state index in [1.807, 2.05) is 0 Å². The standard InChI is InChI=1S/C12H17NO2/c1-3-4-9-13(2)12(15)10-7-5-6-8-11(10)14/h5-8,14H,3-4,9H2,1-2H3. The Bertz CT molecular complexity index is 336. The Hall–Kier alpha value is -1.51. The number of phenols is 1. The normalized spacial score (nSPS) is 10.0. The summed E-state index contributed by atoms with van der Waals surface area (Å²) in [6, 6.07) is 6.62. The summed E-state index contributed by atoms with van der Waals surface area (Å²) in [5.74, 6) is -0.0765. The van der Waals surface area contributed by atoms with Gasteiger partial charge in [-0.15, -0.1) is 0 Å². The zero-order valence-electron chi connectivity index (χ0n) is 9.23. The Morgan fingerprint density at radius 3 is 2.67 bits per heavy atom. The quantitative estimate of drug-likeness (QED) is 0.822. The first kappa shape index (κ1) is 11.6. The molecule has 0 atom stereocenters. The molecule has 0 aliphatic carbocycles. The second kappa shape index (κ2) is 5.39. The Labute approximate surface area is 90.3 Å². The molecule has 0 radical (unpaired) electrons. The number of hydrogen-bond donors (Lipinski definition) is 1. The van der Waals surface area contributed by atoms with Gasteiger partial charge in [-0.2, -0.15) is 0 Å². The summed E-state index contributed by atoms with van der Waals surface area (Å²) >= 11 is 0. The first-order valence-corrected chi connectivity index (χ1v) is 5.20. The number of para-hydroxylation sites is 1. The van der Waals surface area contributed by atoms with Crippen molar-refractivity contribution in [3.8, 4) is 5.75 Å². The number of amides is 1. The van der Waals surface area contributed by atoms with Crippen LogP contribution in [0, 0.1) is 0 Å². The van der Waals surface area contributed by atoms with Gasteiger partial charge in [0.05, 0.1) is 5.56 Å². The van der Waals surface area contributed by atoms with Gasteiger partial charge < -0.3 is 10.0 Å². The van der Waals surface area contributed by atoms with Crippen LogP contribution in [0.2, 0.25) is 0 Å². The minimum Gasteiger partial charge on any atom is -0.507 e. The largest absolute Gasteiger partial charge is 0.507 e. The van der Waals surface area contributed by atoms with E-state index >= 15 is 0 Å². The van der Waals surface area contributed by atoms with Gasteiger partial charge in [0.15, 0.2) is 0 Å². The van der Waals surface area contributed by atoms with Crippen molar-refractivity contribution >= 4 is 5.91 Å². The summed E-state index contributed by atoms with van der Waals surface area (Å²) in [7, 11) is 1.75. The van der Waals surface area contributed by atoms with Crippen LogP contribution >= 0.6 is 0 Å². The smallest absolute Gasteiger partial charge is 0.257 e. The van der Waals surface area contributed by atoms with Gasteiger partial charge in [0.1, 0.15) is 5.75 Å². The maximum atomic E-state index is 11.8. The van der Waals surface area contributed by atoms with Crippen molar-refractivity contribution in [2.24, 2.45) is 0 Å². The molecule has 0 aromatic heterocycles. The molecule has 1 N–H and O–H groups in total. The molecule has 0 aliphatic rings. The van der Waals surface area contributed by atoms with Crippen molar-refractivity contribution in [3.63, 3.8) is 0 Å². The first-order valence-electron chi connectivity index (χ1n) is 5.20. The van der Waals surface area contributed by atoms with Crippen LogP contribution in [0.5, 0.6) is 5.75 Å². The van der Waals surface area contributed by atoms with Gasteiger partial charge in [-0.05, 0) is 18.6 Å². The molecule has 0 heterocycles. The van der Waals surface area contributed by atoms with Crippen molar-refractivity contribution in [3.05, 3.63) is 29.8 Å². The van der Waals surface area contributed by atoms with Crippen LogP contribution in [-0.2, 0) is 0 Å². The summed E-state index contributed by atoms with van der Waals surface area (Å²) in [6.45, 7) is 2.81. The zero-order chi connectivity index (χ0) is 11.3. The van der Waals surface area contributed by atoms with Crippen molar-refractivity contribution in [2.75, 3.05) is 13.6 Å². The van der Waals surface area contributed by atoms with E-state index in [2.05, 4.69) is 6.92 Å². The maximum Gasteiger partial charge on any atom is 0.257 e. The number of nitrogens with zero attached hydrogens (tertiary/aromatic N) is 1. The molecule has 3 nitrogen and oxygen atoms in total. The summed E-state index contributed by atoms with van der Waals surface area (Å²) < 4.78 is 0. The van der Waals surface area contributed by atoms with E-state index in [4.69, 9.17) is 0 Å². The molecule has 1 amide bonds. The molecule has 0 fully saturated rings. The predicted molar refractivity (Wildman–Crippen MR) is 60.0 cm³/mol. The Morgan fingerprint density at radius 1 is 1.40 bits per heavy atom. The highest BCUT2D eigenvalue weighted by atomic mass is 16.3. The van der Waals surface area contributed by atoms with Gasteiger partial charge in [-0.25, -0.2) is 0 Å². The summed E-state index contributed by atoms with van der Waals surface area (Å²) in [4.78, 5) is 13.5. The van der Waals surface area contributed by atoms with Crippen LogP contribution < -0.4 is 0 Å². The molecule has 0 saturated carbocycles. The first-order chi connectivity index (χ1) is 7.16. The molecule has 82 valence electrons. The minimum atomic E-state index is -0.124. The predicted octanol–water partition coefficient (Wildman–Crippen LogP) is 2.26. The van der Waals surface area contributed by atoms with Crippen molar-refractivity contribution in [2.45, 2.75) is 19.8 Å². The van der Waals surface area contributed by atoms with Crippen molar-refractivity contribution in [1.29, 1.82) is 0 Å². The monoisotopic (exact) mass is 207 g/mol. The van der Waals surface area contributed by atoms with Gasteiger partial charge in [0.25, 0.3) is 5.91 Å². The number of carbonyl (C=O) groups excluding carboxylic acids is 1. The third kappa shape index (κ3) is 2.98. The van der Waals surface area contributed by atoms with E-state index in [0.29, 0.717) is 5.56 Å². The number of benzene rings is 1. The summed E-state index contributed by atoms with van der Waals surface area (Å²) in [5, 5.41) is 9.51. The average molecular weight is 207 g/mol. The van der Waals surface area contributed by atoms with Crippen LogP contribution in [0.15, 0.2) is 24.3 Å². The highest BCUT2D eigenvalue weighted by molar-refractivity contribution is 5.96. The lowest BCUT2D eigenvalue weighted by molar-refractivity contribution is 0.0790. The van der Waals surface area contributed by atoms with Crippen LogP contribution in [0.4, 0.5) is 0 Å². The Kier molecular flexibility index (Phi) is 4.16. The van der Waals surface area contributed by atoms with Crippen LogP contribution in [0.25, 0.3) is 0 Å². The second-order valence-electron chi connectivity index (χ2n) is 3.60. The fraction of sp³-hybridized carbons (Fsp3) is 0.417. The van der Waals surface area contributed by atoms with E-state index in [-0.39, 0.29) is 11.7 Å². The van der Waals surface area contributed by atoms with E-state index in [1.54, 1.807) is 30.1 Å². The highest BCUT2D eigenvalue weighted by Crippen LogP contribution is 2.17. The van der Waals surface area contributed by atoms with E-state index in [9.17, 15) is 9.90 Å². The topological polar surface area (TPSA) is 40.5 Å². The number of phenolic OH excluding ortho intramolecular Hbond substituents is 1. The van der Waals surface area contributed by atoms with Gasteiger partial charge in [-0.1, -0.05) is 25.5 Å². The van der Waals surface area contributed by atoms with Crippen LogP contribution in [0.3, 0.4) is 0 Å². The molecular weight excluding hydrogens is 190 g/mol. The molecule has 3 heteroatoms. The number of unbranched alkanes of at least 4 members (excludes halogenated alkanes) is 1. The molecule has 0 aliphatic heterocycles. The molecule has 0 bridgehead atoms. The lowest BCUT2D eigenvalue weighted by Crippen LogP contribution is -2.27. The van der Waals surface area contributed by atoms with Gasteiger partial charge in [0.2, 0.25) is 0 Å². The molecule has 1 aromatic rings. The molecule has 0 saturated heterocycles. The number of carbonyl (C=O) groups is 1. The number of rotatable bonds is 4. The number of aromatic hydroxyl groups is 1. The average Bonchev–Trinajstić information content (AvgIpc) is 2.25. The molecule has 15 heavy (non-hydrogen) atoms. The second-order valence-corrected chi connectivity index (χ2v) is 3.60. The minimum absolute atomic E-state index is 0.0471. The van der Waals surface area contributed by atoms with Crippen molar-refractivity contribution < 1.29 is 9.90 Å². The molecule has 0 spiro atoms. The van der Waals surface area contributed by atoms with Crippen LogP contribution in [0.1, 0.15) is 30.1 Å². The SMILES string of the molecule is CCCCN(C)C(=O)c1ccccc1O. The third-order valence-electron chi connectivity index (χ3n) is 2.33. The molecule has 0 unspecified atom stereocenters. The lowest BCUT2D eigenvalue weighted by Gasteiger charge is -2.17. The van der Waals surface area contributed by atoms with E-state index in [0.717, 1.165) is 19.4 Å². The molecule has 1 rings (SSSR count). The number of hydrogen-bond acceptors (Lipinski definition) is 2. The van der Waals surface area contributed by atoms with E-state index in [1.165, 1.54) is 6.07 Å². The van der Waals surface area contributed by atoms with E-state index < -0.39 is 0 Å². The van der Waals surface area contributed by atoms with Gasteiger partial charge in [-0.3, -0.25) is 4.79 Å². The third-order valence-corrected chi connectivity index (χ3v) is 2.33. The molecular formula is C12H17NO2. The Morgan fingerprint density at radius 2 is 2.07 bits per heavy atom. The fourth-order valence-electron chi connectivity index (χ4n) is 1.36. The lowest BCUT2D eigenvalue weighted by atomic mass is 10.1. The Balaban J connectivity index is 2.72. The van der Waals surface area contributed by atoms with Gasteiger partial charge >= 0.3 is 0 Å². The van der Waals surface area contributed by atoms with Crippen molar-refractivity contribution in [1.82, 2.24) is 4.90 Å². The summed E-state index contributed by atoms with van der Waals surface area (Å²) in [6.07, 6.45) is 2.04. The fourth-order valence-corrected chi connectivity index (χ4v) is 1.36. The van der Waals surface area contributed by atoms with Gasteiger partial charge in [0, 0.05) is 13.6 Å². The maximum absolute atomic E-state index is 11.8. The highest BCUT2D eigenvalue weighted by Gasteiger charge is 2.14. The summed E-state index contributed by atoms with van der Waals surface area (Å²) in [5.41, 5.74) is 0.371.